The maximum Gasteiger partial charge on any atom is 0.0601 e. The summed E-state index contributed by atoms with van der Waals surface area (Å²) in [6.45, 7) is 3.65. The molecule has 3 heteroatoms. The molecule has 0 aromatic rings. The Hall–Kier alpha value is -0.120. The van der Waals surface area contributed by atoms with E-state index in [1.54, 1.807) is 7.11 Å². The van der Waals surface area contributed by atoms with Crippen molar-refractivity contribution < 1.29 is 4.74 Å². The van der Waals surface area contributed by atoms with Gasteiger partial charge in [0.15, 0.2) is 0 Å². The normalized spacial score (nSPS) is 33.9. The molecule has 76 valence electrons. The zero-order chi connectivity index (χ0) is 9.10. The summed E-state index contributed by atoms with van der Waals surface area (Å²) < 4.78 is 5.23. The maximum atomic E-state index is 5.23. The first-order chi connectivity index (χ1) is 6.38. The molecule has 2 rings (SSSR count). The van der Waals surface area contributed by atoms with E-state index < -0.39 is 0 Å². The van der Waals surface area contributed by atoms with Gasteiger partial charge in [0.05, 0.1) is 6.10 Å². The Morgan fingerprint density at radius 3 is 2.69 bits per heavy atom. The maximum absolute atomic E-state index is 5.23. The molecular formula is C10H20N2O. The van der Waals surface area contributed by atoms with Crippen molar-refractivity contribution >= 4 is 0 Å². The molecule has 3 nitrogen and oxygen atoms in total. The van der Waals surface area contributed by atoms with E-state index in [4.69, 9.17) is 4.74 Å². The number of rotatable bonds is 5. The topological polar surface area (TPSA) is 33.3 Å². The highest BCUT2D eigenvalue weighted by atomic mass is 16.5. The molecule has 1 aliphatic heterocycles. The Labute approximate surface area is 80.2 Å². The molecule has 1 heterocycles. The lowest BCUT2D eigenvalue weighted by Gasteiger charge is -2.35. The van der Waals surface area contributed by atoms with Crippen LogP contribution in [0.5, 0.6) is 0 Å². The predicted octanol–water partition coefficient (Wildman–Crippen LogP) is 0.363. The van der Waals surface area contributed by atoms with E-state index in [2.05, 4.69) is 10.6 Å². The first kappa shape index (κ1) is 9.44. The number of methoxy groups -OCH3 is 1. The lowest BCUT2D eigenvalue weighted by molar-refractivity contribution is 0.0171. The number of hydrogen-bond donors (Lipinski definition) is 2. The lowest BCUT2D eigenvalue weighted by Crippen LogP contribution is -2.47. The standard InChI is InChI=1S/C10H20N2O/c1-13-10-4-9(5-10)12-3-2-8-6-11-7-8/h8-12H,2-7H2,1H3. The zero-order valence-electron chi connectivity index (χ0n) is 8.38. The smallest absolute Gasteiger partial charge is 0.0601 e. The Kier molecular flexibility index (Phi) is 3.19. The minimum Gasteiger partial charge on any atom is -0.381 e. The highest BCUT2D eigenvalue weighted by Crippen LogP contribution is 2.22. The van der Waals surface area contributed by atoms with Crippen molar-refractivity contribution in [3.63, 3.8) is 0 Å². The van der Waals surface area contributed by atoms with Crippen molar-refractivity contribution in [2.45, 2.75) is 31.4 Å². The van der Waals surface area contributed by atoms with Gasteiger partial charge in [0.25, 0.3) is 0 Å². The third-order valence-corrected chi connectivity index (χ3v) is 3.28. The number of nitrogens with one attached hydrogen (secondary N) is 2. The molecule has 0 atom stereocenters. The van der Waals surface area contributed by atoms with Gasteiger partial charge in [0.1, 0.15) is 0 Å². The SMILES string of the molecule is COC1CC(NCCC2CNC2)C1. The fraction of sp³-hybridized carbons (Fsp3) is 1.00. The van der Waals surface area contributed by atoms with Gasteiger partial charge in [-0.05, 0) is 44.8 Å². The summed E-state index contributed by atoms with van der Waals surface area (Å²) in [6.07, 6.45) is 4.28. The van der Waals surface area contributed by atoms with E-state index >= 15 is 0 Å². The van der Waals surface area contributed by atoms with Gasteiger partial charge in [-0.2, -0.15) is 0 Å². The van der Waals surface area contributed by atoms with Crippen molar-refractivity contribution in [2.24, 2.45) is 5.92 Å². The van der Waals surface area contributed by atoms with Crippen LogP contribution in [0.1, 0.15) is 19.3 Å². The predicted molar refractivity (Wildman–Crippen MR) is 52.8 cm³/mol. The van der Waals surface area contributed by atoms with Crippen LogP contribution in [0.3, 0.4) is 0 Å². The van der Waals surface area contributed by atoms with Gasteiger partial charge in [-0.1, -0.05) is 0 Å². The molecule has 2 aliphatic rings. The van der Waals surface area contributed by atoms with E-state index in [9.17, 15) is 0 Å². The van der Waals surface area contributed by atoms with Crippen molar-refractivity contribution in [1.82, 2.24) is 10.6 Å². The molecule has 0 bridgehead atoms. The van der Waals surface area contributed by atoms with E-state index in [0.717, 1.165) is 12.0 Å². The average molecular weight is 184 g/mol. The van der Waals surface area contributed by atoms with E-state index in [1.807, 2.05) is 0 Å². The quantitative estimate of drug-likeness (QED) is 0.647. The molecular weight excluding hydrogens is 164 g/mol. The van der Waals surface area contributed by atoms with Crippen LogP contribution in [0.2, 0.25) is 0 Å². The molecule has 0 radical (unpaired) electrons. The van der Waals surface area contributed by atoms with Gasteiger partial charge in [-0.25, -0.2) is 0 Å². The van der Waals surface area contributed by atoms with Crippen LogP contribution in [-0.2, 0) is 4.74 Å². The minimum atomic E-state index is 0.530. The van der Waals surface area contributed by atoms with Gasteiger partial charge in [-0.3, -0.25) is 0 Å². The van der Waals surface area contributed by atoms with E-state index in [1.165, 1.54) is 38.9 Å². The Morgan fingerprint density at radius 1 is 1.38 bits per heavy atom. The summed E-state index contributed by atoms with van der Waals surface area (Å²) in [4.78, 5) is 0. The van der Waals surface area contributed by atoms with E-state index in [0.29, 0.717) is 6.10 Å². The molecule has 0 aromatic heterocycles. The largest absolute Gasteiger partial charge is 0.381 e. The van der Waals surface area contributed by atoms with Gasteiger partial charge >= 0.3 is 0 Å². The van der Waals surface area contributed by atoms with Crippen molar-refractivity contribution in [3.05, 3.63) is 0 Å². The molecule has 0 amide bonds. The molecule has 2 fully saturated rings. The second kappa shape index (κ2) is 4.40. The van der Waals surface area contributed by atoms with Crippen molar-refractivity contribution in [2.75, 3.05) is 26.7 Å². The molecule has 1 saturated heterocycles. The Morgan fingerprint density at radius 2 is 2.15 bits per heavy atom. The van der Waals surface area contributed by atoms with E-state index in [-0.39, 0.29) is 0 Å². The average Bonchev–Trinajstić information content (AvgIpc) is 1.97. The summed E-state index contributed by atoms with van der Waals surface area (Å²) in [7, 11) is 1.81. The second-order valence-electron chi connectivity index (χ2n) is 4.29. The van der Waals surface area contributed by atoms with Crippen LogP contribution >= 0.6 is 0 Å². The first-order valence-corrected chi connectivity index (χ1v) is 5.35. The fourth-order valence-electron chi connectivity index (χ4n) is 1.97. The highest BCUT2D eigenvalue weighted by Gasteiger charge is 2.28. The Bertz CT molecular complexity index is 153. The summed E-state index contributed by atoms with van der Waals surface area (Å²) in [6, 6.07) is 0.734. The molecule has 1 aliphatic carbocycles. The third kappa shape index (κ3) is 2.42. The summed E-state index contributed by atoms with van der Waals surface area (Å²) in [5.74, 6) is 0.936. The summed E-state index contributed by atoms with van der Waals surface area (Å²) >= 11 is 0. The van der Waals surface area contributed by atoms with Crippen LogP contribution in [0.25, 0.3) is 0 Å². The monoisotopic (exact) mass is 184 g/mol. The Balaban J connectivity index is 1.45. The molecule has 0 spiro atoms. The molecule has 0 unspecified atom stereocenters. The molecule has 0 aromatic carbocycles. The summed E-state index contributed by atoms with van der Waals surface area (Å²) in [5.41, 5.74) is 0. The van der Waals surface area contributed by atoms with Crippen LogP contribution in [0.4, 0.5) is 0 Å². The van der Waals surface area contributed by atoms with Crippen molar-refractivity contribution in [3.8, 4) is 0 Å². The second-order valence-corrected chi connectivity index (χ2v) is 4.29. The molecule has 13 heavy (non-hydrogen) atoms. The molecule has 2 N–H and O–H groups in total. The van der Waals surface area contributed by atoms with Gasteiger partial charge in [-0.15, -0.1) is 0 Å². The van der Waals surface area contributed by atoms with Gasteiger partial charge in [0.2, 0.25) is 0 Å². The minimum absolute atomic E-state index is 0.530. The van der Waals surface area contributed by atoms with Gasteiger partial charge in [0, 0.05) is 13.2 Å². The number of ether oxygens (including phenoxy) is 1. The third-order valence-electron chi connectivity index (χ3n) is 3.28. The van der Waals surface area contributed by atoms with Gasteiger partial charge < -0.3 is 15.4 Å². The lowest BCUT2D eigenvalue weighted by atomic mass is 9.89. The zero-order valence-corrected chi connectivity index (χ0v) is 8.38. The first-order valence-electron chi connectivity index (χ1n) is 5.35. The summed E-state index contributed by atoms with van der Waals surface area (Å²) in [5, 5.41) is 6.87. The van der Waals surface area contributed by atoms with Crippen LogP contribution < -0.4 is 10.6 Å². The molecule has 1 saturated carbocycles. The van der Waals surface area contributed by atoms with Crippen LogP contribution in [0.15, 0.2) is 0 Å². The van der Waals surface area contributed by atoms with Crippen molar-refractivity contribution in [1.29, 1.82) is 0 Å². The fourth-order valence-corrected chi connectivity index (χ4v) is 1.97. The highest BCUT2D eigenvalue weighted by molar-refractivity contribution is 4.86. The van der Waals surface area contributed by atoms with Crippen LogP contribution in [-0.4, -0.2) is 38.9 Å². The van der Waals surface area contributed by atoms with Crippen LogP contribution in [0, 0.1) is 5.92 Å². The number of hydrogen-bond acceptors (Lipinski definition) is 3.